The first-order valence-electron chi connectivity index (χ1n) is 5.11. The molecule has 0 radical (unpaired) electrons. The highest BCUT2D eigenvalue weighted by atomic mass is 16.5. The molecule has 0 spiro atoms. The minimum absolute atomic E-state index is 0.968. The zero-order valence-corrected chi connectivity index (χ0v) is 9.26. The SMILES string of the molecule is CCc1cc(CCNC)cc(OC)c1. The molecule has 0 saturated heterocycles. The van der Waals surface area contributed by atoms with Crippen molar-refractivity contribution in [2.45, 2.75) is 19.8 Å². The molecular formula is C12H19NO. The number of hydrogen-bond donors (Lipinski definition) is 1. The molecular weight excluding hydrogens is 174 g/mol. The summed E-state index contributed by atoms with van der Waals surface area (Å²) in [5, 5.41) is 3.15. The number of ether oxygens (including phenoxy) is 1. The van der Waals surface area contributed by atoms with E-state index in [9.17, 15) is 0 Å². The number of benzene rings is 1. The lowest BCUT2D eigenvalue weighted by Gasteiger charge is -2.07. The van der Waals surface area contributed by atoms with Gasteiger partial charge in [-0.15, -0.1) is 0 Å². The summed E-state index contributed by atoms with van der Waals surface area (Å²) in [5.41, 5.74) is 2.69. The van der Waals surface area contributed by atoms with Gasteiger partial charge in [0, 0.05) is 0 Å². The number of rotatable bonds is 5. The van der Waals surface area contributed by atoms with E-state index in [0.29, 0.717) is 0 Å². The highest BCUT2D eigenvalue weighted by Crippen LogP contribution is 2.17. The van der Waals surface area contributed by atoms with Gasteiger partial charge in [0.2, 0.25) is 0 Å². The third kappa shape index (κ3) is 3.04. The first-order valence-corrected chi connectivity index (χ1v) is 5.11. The summed E-state index contributed by atoms with van der Waals surface area (Å²) in [6, 6.07) is 6.46. The zero-order chi connectivity index (χ0) is 10.4. The molecule has 0 bridgehead atoms. The van der Waals surface area contributed by atoms with Crippen molar-refractivity contribution in [1.82, 2.24) is 5.32 Å². The summed E-state index contributed by atoms with van der Waals surface area (Å²) in [4.78, 5) is 0. The Morgan fingerprint density at radius 3 is 2.50 bits per heavy atom. The Labute approximate surface area is 86.3 Å². The smallest absolute Gasteiger partial charge is 0.119 e. The van der Waals surface area contributed by atoms with Gasteiger partial charge in [-0.05, 0) is 49.7 Å². The van der Waals surface area contributed by atoms with Gasteiger partial charge in [-0.3, -0.25) is 0 Å². The summed E-state index contributed by atoms with van der Waals surface area (Å²) >= 11 is 0. The van der Waals surface area contributed by atoms with E-state index in [0.717, 1.165) is 25.1 Å². The predicted molar refractivity (Wildman–Crippen MR) is 60.0 cm³/mol. The Hall–Kier alpha value is -1.02. The third-order valence-electron chi connectivity index (χ3n) is 2.33. The van der Waals surface area contributed by atoms with Crippen LogP contribution in [-0.4, -0.2) is 20.7 Å². The first kappa shape index (κ1) is 11.1. The molecule has 2 nitrogen and oxygen atoms in total. The molecule has 0 heterocycles. The van der Waals surface area contributed by atoms with E-state index >= 15 is 0 Å². The Morgan fingerprint density at radius 1 is 1.21 bits per heavy atom. The molecule has 0 aromatic heterocycles. The van der Waals surface area contributed by atoms with Gasteiger partial charge in [0.05, 0.1) is 7.11 Å². The molecule has 1 N–H and O–H groups in total. The second-order valence-corrected chi connectivity index (χ2v) is 3.40. The molecule has 1 aromatic rings. The Balaban J connectivity index is 2.81. The molecule has 0 fully saturated rings. The molecule has 0 saturated carbocycles. The van der Waals surface area contributed by atoms with Crippen molar-refractivity contribution < 1.29 is 4.74 Å². The topological polar surface area (TPSA) is 21.3 Å². The van der Waals surface area contributed by atoms with Crippen molar-refractivity contribution in [2.24, 2.45) is 0 Å². The lowest BCUT2D eigenvalue weighted by molar-refractivity contribution is 0.413. The number of aryl methyl sites for hydroxylation is 1. The minimum Gasteiger partial charge on any atom is -0.497 e. The van der Waals surface area contributed by atoms with Crippen LogP contribution in [0, 0.1) is 0 Å². The van der Waals surface area contributed by atoms with Gasteiger partial charge < -0.3 is 10.1 Å². The van der Waals surface area contributed by atoms with E-state index in [1.54, 1.807) is 7.11 Å². The van der Waals surface area contributed by atoms with Gasteiger partial charge in [0.25, 0.3) is 0 Å². The monoisotopic (exact) mass is 193 g/mol. The summed E-state index contributed by atoms with van der Waals surface area (Å²) in [5.74, 6) is 0.968. The number of hydrogen-bond acceptors (Lipinski definition) is 2. The molecule has 14 heavy (non-hydrogen) atoms. The van der Waals surface area contributed by atoms with Crippen molar-refractivity contribution in [1.29, 1.82) is 0 Å². The average molecular weight is 193 g/mol. The molecule has 0 aliphatic rings. The standard InChI is InChI=1S/C12H19NO/c1-4-10-7-11(5-6-13-2)9-12(8-10)14-3/h7-9,13H,4-6H2,1-3H3. The van der Waals surface area contributed by atoms with Crippen molar-refractivity contribution >= 4 is 0 Å². The number of methoxy groups -OCH3 is 1. The van der Waals surface area contributed by atoms with Crippen LogP contribution >= 0.6 is 0 Å². The lowest BCUT2D eigenvalue weighted by Crippen LogP contribution is -2.10. The van der Waals surface area contributed by atoms with E-state index in [4.69, 9.17) is 4.74 Å². The largest absolute Gasteiger partial charge is 0.497 e. The zero-order valence-electron chi connectivity index (χ0n) is 9.26. The fourth-order valence-corrected chi connectivity index (χ4v) is 1.46. The molecule has 1 aromatic carbocycles. The normalized spacial score (nSPS) is 10.2. The molecule has 0 atom stereocenters. The molecule has 0 unspecified atom stereocenters. The van der Waals surface area contributed by atoms with Gasteiger partial charge in [0.15, 0.2) is 0 Å². The van der Waals surface area contributed by atoms with E-state index < -0.39 is 0 Å². The molecule has 2 heteroatoms. The van der Waals surface area contributed by atoms with Gasteiger partial charge in [-0.1, -0.05) is 13.0 Å². The number of nitrogens with one attached hydrogen (secondary N) is 1. The molecule has 78 valence electrons. The highest BCUT2D eigenvalue weighted by Gasteiger charge is 1.99. The maximum Gasteiger partial charge on any atom is 0.119 e. The Kier molecular flexibility index (Phi) is 4.47. The lowest BCUT2D eigenvalue weighted by atomic mass is 10.1. The van der Waals surface area contributed by atoms with Crippen LogP contribution in [0.15, 0.2) is 18.2 Å². The van der Waals surface area contributed by atoms with Gasteiger partial charge >= 0.3 is 0 Å². The van der Waals surface area contributed by atoms with Crippen LogP contribution in [0.5, 0.6) is 5.75 Å². The van der Waals surface area contributed by atoms with Gasteiger partial charge in [0.1, 0.15) is 5.75 Å². The maximum atomic E-state index is 5.26. The van der Waals surface area contributed by atoms with E-state index in [2.05, 4.69) is 30.4 Å². The third-order valence-corrected chi connectivity index (χ3v) is 2.33. The van der Waals surface area contributed by atoms with Crippen LogP contribution in [0.2, 0.25) is 0 Å². The second kappa shape index (κ2) is 5.66. The Morgan fingerprint density at radius 2 is 1.93 bits per heavy atom. The second-order valence-electron chi connectivity index (χ2n) is 3.40. The Bertz CT molecular complexity index is 261. The van der Waals surface area contributed by atoms with Crippen LogP contribution in [-0.2, 0) is 12.8 Å². The van der Waals surface area contributed by atoms with Crippen LogP contribution in [0.1, 0.15) is 18.1 Å². The average Bonchev–Trinajstić information content (AvgIpc) is 2.25. The predicted octanol–water partition coefficient (Wildman–Crippen LogP) is 2.02. The van der Waals surface area contributed by atoms with E-state index in [1.165, 1.54) is 11.1 Å². The summed E-state index contributed by atoms with van der Waals surface area (Å²) in [7, 11) is 3.69. The van der Waals surface area contributed by atoms with Crippen LogP contribution in [0.4, 0.5) is 0 Å². The fraction of sp³-hybridized carbons (Fsp3) is 0.500. The van der Waals surface area contributed by atoms with Gasteiger partial charge in [-0.25, -0.2) is 0 Å². The molecule has 0 amide bonds. The molecule has 1 rings (SSSR count). The van der Waals surface area contributed by atoms with Gasteiger partial charge in [-0.2, -0.15) is 0 Å². The molecule has 0 aliphatic carbocycles. The summed E-state index contributed by atoms with van der Waals surface area (Å²) in [6.45, 7) is 3.17. The number of likely N-dealkylation sites (N-methyl/N-ethyl adjacent to an activating group) is 1. The minimum atomic E-state index is 0.968. The van der Waals surface area contributed by atoms with E-state index in [-0.39, 0.29) is 0 Å². The summed E-state index contributed by atoms with van der Waals surface area (Å²) < 4.78 is 5.26. The quantitative estimate of drug-likeness (QED) is 0.772. The van der Waals surface area contributed by atoms with Crippen LogP contribution < -0.4 is 10.1 Å². The van der Waals surface area contributed by atoms with Crippen molar-refractivity contribution in [3.8, 4) is 5.75 Å². The highest BCUT2D eigenvalue weighted by molar-refractivity contribution is 5.34. The maximum absolute atomic E-state index is 5.26. The first-order chi connectivity index (χ1) is 6.80. The molecule has 0 aliphatic heterocycles. The van der Waals surface area contributed by atoms with Crippen LogP contribution in [0.3, 0.4) is 0 Å². The van der Waals surface area contributed by atoms with E-state index in [1.807, 2.05) is 7.05 Å². The van der Waals surface area contributed by atoms with Crippen molar-refractivity contribution in [3.63, 3.8) is 0 Å². The van der Waals surface area contributed by atoms with Crippen molar-refractivity contribution in [2.75, 3.05) is 20.7 Å². The van der Waals surface area contributed by atoms with Crippen molar-refractivity contribution in [3.05, 3.63) is 29.3 Å². The fourth-order valence-electron chi connectivity index (χ4n) is 1.46. The summed E-state index contributed by atoms with van der Waals surface area (Å²) in [6.07, 6.45) is 2.12. The van der Waals surface area contributed by atoms with Crippen LogP contribution in [0.25, 0.3) is 0 Å².